The number of ether oxygens (including phenoxy) is 1. The molecule has 0 saturated carbocycles. The second-order valence-electron chi connectivity index (χ2n) is 5.90. The monoisotopic (exact) mass is 444 g/mol. The zero-order chi connectivity index (χ0) is 22.0. The molecule has 0 amide bonds. The molecular weight excluding hydrogens is 430 g/mol. The first-order valence-electron chi connectivity index (χ1n) is 8.04. The van der Waals surface area contributed by atoms with E-state index in [0.29, 0.717) is 6.42 Å². The number of fused-ring (bicyclic) bond motifs is 1. The van der Waals surface area contributed by atoms with Crippen LogP contribution in [0.25, 0.3) is 10.8 Å². The highest BCUT2D eigenvalue weighted by Crippen LogP contribution is 2.36. The fourth-order valence-electron chi connectivity index (χ4n) is 2.42. The zero-order valence-electron chi connectivity index (χ0n) is 14.7. The summed E-state index contributed by atoms with van der Waals surface area (Å²) in [5.41, 5.74) is -0.552. The zero-order valence-corrected chi connectivity index (χ0v) is 15.5. The highest BCUT2D eigenvalue weighted by molar-refractivity contribution is 7.87. The van der Waals surface area contributed by atoms with Crippen molar-refractivity contribution in [1.29, 1.82) is 0 Å². The first-order chi connectivity index (χ1) is 13.2. The molecule has 0 fully saturated rings. The van der Waals surface area contributed by atoms with Crippen molar-refractivity contribution in [3.63, 3.8) is 0 Å². The molecule has 0 heterocycles. The second kappa shape index (κ2) is 8.09. The van der Waals surface area contributed by atoms with Crippen LogP contribution >= 0.6 is 0 Å². The van der Waals surface area contributed by atoms with Crippen LogP contribution in [0, 0.1) is 0 Å². The fourth-order valence-corrected chi connectivity index (χ4v) is 3.40. The summed E-state index contributed by atoms with van der Waals surface area (Å²) in [6.07, 6.45) is -15.7. The molecule has 2 aromatic rings. The normalized spacial score (nSPS) is 13.0. The van der Waals surface area contributed by atoms with Crippen LogP contribution in [0.4, 0.5) is 26.3 Å². The van der Waals surface area contributed by atoms with E-state index in [1.54, 1.807) is 6.92 Å². The van der Waals surface area contributed by atoms with E-state index in [1.165, 1.54) is 18.2 Å². The van der Waals surface area contributed by atoms with Crippen LogP contribution < -0.4 is 4.18 Å². The molecule has 0 unspecified atom stereocenters. The summed E-state index contributed by atoms with van der Waals surface area (Å²) in [7, 11) is -3.87. The minimum Gasteiger partial charge on any atom is -0.439 e. The topological polar surface area (TPSA) is 69.7 Å². The van der Waals surface area contributed by atoms with Gasteiger partial charge in [0.05, 0.1) is 11.3 Å². The van der Waals surface area contributed by atoms with Crippen molar-refractivity contribution < 1.29 is 48.5 Å². The van der Waals surface area contributed by atoms with Crippen LogP contribution in [-0.4, -0.2) is 38.6 Å². The van der Waals surface area contributed by atoms with Crippen LogP contribution in [0.2, 0.25) is 0 Å². The van der Waals surface area contributed by atoms with Gasteiger partial charge in [0.25, 0.3) is 6.10 Å². The van der Waals surface area contributed by atoms with Crippen LogP contribution in [0.1, 0.15) is 23.7 Å². The molecule has 0 N–H and O–H groups in total. The van der Waals surface area contributed by atoms with Gasteiger partial charge in [-0.05, 0) is 41.5 Å². The summed E-state index contributed by atoms with van der Waals surface area (Å²) in [6, 6.07) is 7.00. The SMILES string of the molecule is CCCS(=O)(=O)Oc1ccc2c(C(=O)OC(C(F)(F)F)C(F)(F)F)cccc2c1. The van der Waals surface area contributed by atoms with E-state index in [0.717, 1.165) is 18.2 Å². The van der Waals surface area contributed by atoms with Crippen molar-refractivity contribution in [1.82, 2.24) is 0 Å². The second-order valence-corrected chi connectivity index (χ2v) is 7.59. The van der Waals surface area contributed by atoms with Gasteiger partial charge < -0.3 is 8.92 Å². The van der Waals surface area contributed by atoms with Gasteiger partial charge in [0, 0.05) is 0 Å². The Balaban J connectivity index is 2.38. The van der Waals surface area contributed by atoms with Crippen LogP contribution in [0.3, 0.4) is 0 Å². The summed E-state index contributed by atoms with van der Waals surface area (Å²) in [6.45, 7) is 1.62. The van der Waals surface area contributed by atoms with Gasteiger partial charge in [-0.2, -0.15) is 34.8 Å². The van der Waals surface area contributed by atoms with Gasteiger partial charge in [-0.25, -0.2) is 4.79 Å². The average Bonchev–Trinajstić information content (AvgIpc) is 2.56. The number of hydrogen-bond donors (Lipinski definition) is 0. The largest absolute Gasteiger partial charge is 0.439 e. The van der Waals surface area contributed by atoms with E-state index in [9.17, 15) is 39.6 Å². The average molecular weight is 444 g/mol. The van der Waals surface area contributed by atoms with E-state index in [2.05, 4.69) is 4.74 Å². The van der Waals surface area contributed by atoms with E-state index in [1.807, 2.05) is 0 Å². The number of halogens is 6. The maximum Gasteiger partial charge on any atom is 0.434 e. The number of carbonyl (C=O) groups excluding carboxylic acids is 1. The molecule has 12 heteroatoms. The summed E-state index contributed by atoms with van der Waals surface area (Å²) in [4.78, 5) is 12.0. The molecule has 0 aromatic heterocycles. The minimum absolute atomic E-state index is 0.0409. The van der Waals surface area contributed by atoms with E-state index < -0.39 is 40.1 Å². The molecule has 0 spiro atoms. The van der Waals surface area contributed by atoms with E-state index >= 15 is 0 Å². The van der Waals surface area contributed by atoms with Crippen molar-refractivity contribution in [3.05, 3.63) is 42.0 Å². The van der Waals surface area contributed by atoms with E-state index in [-0.39, 0.29) is 22.3 Å². The third kappa shape index (κ3) is 5.75. The van der Waals surface area contributed by atoms with Crippen LogP contribution in [0.15, 0.2) is 36.4 Å². The molecule has 2 aromatic carbocycles. The Hall–Kier alpha value is -2.50. The summed E-state index contributed by atoms with van der Waals surface area (Å²) in [5.74, 6) is -2.21. The number of rotatable bonds is 6. The van der Waals surface area contributed by atoms with Gasteiger partial charge in [-0.1, -0.05) is 19.1 Å². The summed E-state index contributed by atoms with van der Waals surface area (Å²) < 4.78 is 108. The predicted molar refractivity (Wildman–Crippen MR) is 90.0 cm³/mol. The predicted octanol–water partition coefficient (Wildman–Crippen LogP) is 4.61. The fraction of sp³-hybridized carbons (Fsp3) is 0.353. The quantitative estimate of drug-likeness (QED) is 0.370. The van der Waals surface area contributed by atoms with Gasteiger partial charge >= 0.3 is 28.4 Å². The Labute approximate surface area is 161 Å². The molecule has 0 bridgehead atoms. The summed E-state index contributed by atoms with van der Waals surface area (Å²) >= 11 is 0. The van der Waals surface area contributed by atoms with Gasteiger partial charge in [0.1, 0.15) is 5.75 Å². The molecular formula is C17H14F6O5S. The maximum atomic E-state index is 12.6. The van der Waals surface area contributed by atoms with Gasteiger partial charge in [0.2, 0.25) is 0 Å². The molecule has 2 rings (SSSR count). The molecule has 0 radical (unpaired) electrons. The first kappa shape index (κ1) is 22.8. The minimum atomic E-state index is -5.84. The maximum absolute atomic E-state index is 12.6. The smallest absolute Gasteiger partial charge is 0.434 e. The third-order valence-electron chi connectivity index (χ3n) is 3.57. The Morgan fingerprint density at radius 1 is 1.03 bits per heavy atom. The Bertz CT molecular complexity index is 984. The highest BCUT2D eigenvalue weighted by Gasteiger charge is 2.60. The van der Waals surface area contributed by atoms with Crippen molar-refractivity contribution in [2.24, 2.45) is 0 Å². The molecule has 29 heavy (non-hydrogen) atoms. The number of carbonyl (C=O) groups is 1. The number of benzene rings is 2. The number of hydrogen-bond acceptors (Lipinski definition) is 5. The van der Waals surface area contributed by atoms with Crippen LogP contribution in [0.5, 0.6) is 5.75 Å². The van der Waals surface area contributed by atoms with Crippen LogP contribution in [-0.2, 0) is 14.9 Å². The molecule has 0 saturated heterocycles. The van der Waals surface area contributed by atoms with Gasteiger partial charge in [-0.15, -0.1) is 0 Å². The first-order valence-corrected chi connectivity index (χ1v) is 9.61. The van der Waals surface area contributed by atoms with Gasteiger partial charge in [-0.3, -0.25) is 0 Å². The lowest BCUT2D eigenvalue weighted by Gasteiger charge is -2.23. The Morgan fingerprint density at radius 3 is 2.21 bits per heavy atom. The molecule has 0 atom stereocenters. The number of alkyl halides is 6. The highest BCUT2D eigenvalue weighted by atomic mass is 32.2. The lowest BCUT2D eigenvalue weighted by molar-refractivity contribution is -0.307. The van der Waals surface area contributed by atoms with Gasteiger partial charge in [0.15, 0.2) is 0 Å². The van der Waals surface area contributed by atoms with Crippen molar-refractivity contribution in [2.45, 2.75) is 31.8 Å². The molecule has 0 aliphatic carbocycles. The molecule has 0 aliphatic rings. The lowest BCUT2D eigenvalue weighted by Crippen LogP contribution is -2.45. The lowest BCUT2D eigenvalue weighted by atomic mass is 10.0. The van der Waals surface area contributed by atoms with E-state index in [4.69, 9.17) is 4.18 Å². The molecule has 5 nitrogen and oxygen atoms in total. The Morgan fingerprint density at radius 2 is 1.66 bits per heavy atom. The van der Waals surface area contributed by atoms with Crippen molar-refractivity contribution in [3.8, 4) is 5.75 Å². The Kier molecular flexibility index (Phi) is 6.36. The molecule has 160 valence electrons. The third-order valence-corrected chi connectivity index (χ3v) is 4.92. The molecule has 0 aliphatic heterocycles. The number of esters is 1. The van der Waals surface area contributed by atoms with Crippen molar-refractivity contribution >= 4 is 26.9 Å². The summed E-state index contributed by atoms with van der Waals surface area (Å²) in [5, 5.41) is 0.111. The van der Waals surface area contributed by atoms with Crippen molar-refractivity contribution in [2.75, 3.05) is 5.75 Å². The standard InChI is InChI=1S/C17H14F6O5S/c1-2-8-29(25,26)28-11-6-7-12-10(9-11)4-3-5-13(12)14(24)27-15(16(18,19)20)17(21,22)23/h3-7,9,15H,2,8H2,1H3.